The smallest absolute Gasteiger partial charge is 0.269 e. The zero-order chi connectivity index (χ0) is 9.46. The molecule has 5 nitrogen and oxygen atoms in total. The van der Waals surface area contributed by atoms with Crippen molar-refractivity contribution in [3.63, 3.8) is 0 Å². The quantitative estimate of drug-likeness (QED) is 0.430. The van der Waals surface area contributed by atoms with E-state index >= 15 is 0 Å². The van der Waals surface area contributed by atoms with E-state index in [-0.39, 0.29) is 5.57 Å². The van der Waals surface area contributed by atoms with Crippen LogP contribution in [0.15, 0.2) is 35.2 Å². The third-order valence-corrected chi connectivity index (χ3v) is 1.45. The van der Waals surface area contributed by atoms with Crippen molar-refractivity contribution in [3.8, 4) is 0 Å². The third kappa shape index (κ3) is 0.833. The molecule has 0 bridgehead atoms. The summed E-state index contributed by atoms with van der Waals surface area (Å²) in [5.74, 6) is -4.91. The largest absolute Gasteiger partial charge is 0.504 e. The van der Waals surface area contributed by atoms with Gasteiger partial charge in [-0.25, -0.2) is 0 Å². The fourth-order valence-electron chi connectivity index (χ4n) is 0.725. The van der Waals surface area contributed by atoms with Crippen molar-refractivity contribution in [1.82, 2.24) is 0 Å². The van der Waals surface area contributed by atoms with E-state index in [4.69, 9.17) is 20.4 Å². The molecular weight excluding hydrogens is 164 g/mol. The van der Waals surface area contributed by atoms with Gasteiger partial charge >= 0.3 is 0 Å². The molecule has 0 heterocycles. The molecule has 1 aliphatic carbocycles. The minimum Gasteiger partial charge on any atom is -0.504 e. The van der Waals surface area contributed by atoms with Gasteiger partial charge in [-0.05, 0) is 0 Å². The summed E-state index contributed by atoms with van der Waals surface area (Å²) in [7, 11) is 0. The monoisotopic (exact) mass is 170 g/mol. The van der Waals surface area contributed by atoms with E-state index < -0.39 is 28.8 Å². The number of rotatable bonds is 0. The molecular formula is C7H6O5. The molecule has 0 aromatic heterocycles. The van der Waals surface area contributed by atoms with Gasteiger partial charge in [0.05, 0.1) is 5.57 Å². The zero-order valence-electron chi connectivity index (χ0n) is 5.90. The van der Waals surface area contributed by atoms with Gasteiger partial charge in [-0.15, -0.1) is 0 Å². The van der Waals surface area contributed by atoms with Crippen LogP contribution in [0.25, 0.3) is 0 Å². The first-order valence-corrected chi connectivity index (χ1v) is 2.95. The minimum atomic E-state index is -1.22. The van der Waals surface area contributed by atoms with Gasteiger partial charge < -0.3 is 20.4 Å². The summed E-state index contributed by atoms with van der Waals surface area (Å²) < 4.78 is 0. The number of aliphatic hydroxyl groups is 4. The van der Waals surface area contributed by atoms with Crippen molar-refractivity contribution in [2.24, 2.45) is 0 Å². The van der Waals surface area contributed by atoms with E-state index in [1.165, 1.54) is 0 Å². The van der Waals surface area contributed by atoms with Crippen LogP contribution in [0.1, 0.15) is 0 Å². The summed E-state index contributed by atoms with van der Waals surface area (Å²) in [5.41, 5.74) is -0.385. The van der Waals surface area contributed by atoms with Crippen LogP contribution in [0.5, 0.6) is 0 Å². The van der Waals surface area contributed by atoms with Crippen molar-refractivity contribution < 1.29 is 25.2 Å². The summed E-state index contributed by atoms with van der Waals surface area (Å²) in [5, 5.41) is 35.5. The molecule has 5 heteroatoms. The Labute approximate surface area is 67.2 Å². The van der Waals surface area contributed by atoms with E-state index in [0.717, 1.165) is 0 Å². The van der Waals surface area contributed by atoms with Gasteiger partial charge in [0.2, 0.25) is 11.5 Å². The summed E-state index contributed by atoms with van der Waals surface area (Å²) >= 11 is 0. The van der Waals surface area contributed by atoms with Crippen molar-refractivity contribution >= 4 is 5.78 Å². The Morgan fingerprint density at radius 3 is 1.50 bits per heavy atom. The first-order valence-electron chi connectivity index (χ1n) is 2.95. The Balaban J connectivity index is 3.32. The number of Topliss-reactive ketones (excluding diaryl/α,β-unsaturated/α-hetero) is 1. The van der Waals surface area contributed by atoms with E-state index in [0.29, 0.717) is 0 Å². The van der Waals surface area contributed by atoms with Crippen LogP contribution in [-0.2, 0) is 4.79 Å². The normalized spacial score (nSPS) is 19.0. The van der Waals surface area contributed by atoms with Crippen LogP contribution in [0.4, 0.5) is 0 Å². The van der Waals surface area contributed by atoms with Gasteiger partial charge in [0.15, 0.2) is 11.5 Å². The summed E-state index contributed by atoms with van der Waals surface area (Å²) in [6.07, 6.45) is 0. The number of carbonyl (C=O) groups excluding carboxylic acids is 1. The van der Waals surface area contributed by atoms with Crippen LogP contribution in [0.3, 0.4) is 0 Å². The molecule has 0 spiro atoms. The summed E-state index contributed by atoms with van der Waals surface area (Å²) in [6, 6.07) is 0. The molecule has 0 aromatic carbocycles. The Kier molecular flexibility index (Phi) is 1.57. The molecule has 0 amide bonds. The van der Waals surface area contributed by atoms with Crippen LogP contribution in [0, 0.1) is 0 Å². The van der Waals surface area contributed by atoms with Crippen molar-refractivity contribution in [1.29, 1.82) is 0 Å². The van der Waals surface area contributed by atoms with Gasteiger partial charge in [-0.1, -0.05) is 6.58 Å². The lowest BCUT2D eigenvalue weighted by Gasteiger charge is -2.12. The molecule has 1 aliphatic rings. The predicted molar refractivity (Wildman–Crippen MR) is 38.7 cm³/mol. The Morgan fingerprint density at radius 2 is 1.17 bits per heavy atom. The number of aliphatic hydroxyl groups excluding tert-OH is 4. The van der Waals surface area contributed by atoms with Crippen molar-refractivity contribution in [3.05, 3.63) is 35.2 Å². The topological polar surface area (TPSA) is 98.0 Å². The molecule has 0 aromatic rings. The standard InChI is InChI=1S/C7H6O5/c1-2-3(8)5(10)7(12)6(11)4(2)9/h8-11H,1H2. The van der Waals surface area contributed by atoms with Crippen LogP contribution in [0.2, 0.25) is 0 Å². The molecule has 64 valence electrons. The first kappa shape index (κ1) is 8.19. The minimum absolute atomic E-state index is 0.385. The second-order valence-electron chi connectivity index (χ2n) is 2.20. The molecule has 0 aliphatic heterocycles. The average molecular weight is 170 g/mol. The molecule has 4 N–H and O–H groups in total. The molecule has 0 radical (unpaired) electrons. The number of hydrogen-bond acceptors (Lipinski definition) is 5. The number of ketones is 1. The summed E-state index contributed by atoms with van der Waals surface area (Å²) in [6.45, 7) is 3.12. The first-order chi connectivity index (χ1) is 5.46. The second kappa shape index (κ2) is 2.30. The van der Waals surface area contributed by atoms with Gasteiger partial charge in [-0.3, -0.25) is 4.79 Å². The lowest BCUT2D eigenvalue weighted by molar-refractivity contribution is -0.117. The molecule has 0 saturated carbocycles. The molecule has 12 heavy (non-hydrogen) atoms. The molecule has 0 saturated heterocycles. The van der Waals surface area contributed by atoms with Gasteiger partial charge in [0.1, 0.15) is 0 Å². The van der Waals surface area contributed by atoms with Gasteiger partial charge in [0.25, 0.3) is 5.78 Å². The highest BCUT2D eigenvalue weighted by Gasteiger charge is 2.30. The Bertz CT molecular complexity index is 272. The Hall–Kier alpha value is -1.91. The van der Waals surface area contributed by atoms with Crippen molar-refractivity contribution in [2.45, 2.75) is 0 Å². The number of hydrogen-bond donors (Lipinski definition) is 4. The maximum atomic E-state index is 10.7. The van der Waals surface area contributed by atoms with E-state index in [2.05, 4.69) is 6.58 Å². The average Bonchev–Trinajstić information content (AvgIpc) is 2.08. The molecule has 1 rings (SSSR count). The van der Waals surface area contributed by atoms with Crippen LogP contribution >= 0.6 is 0 Å². The fraction of sp³-hybridized carbons (Fsp3) is 0. The lowest BCUT2D eigenvalue weighted by atomic mass is 10.0. The van der Waals surface area contributed by atoms with E-state index in [9.17, 15) is 4.79 Å². The third-order valence-electron chi connectivity index (χ3n) is 1.45. The second-order valence-corrected chi connectivity index (χ2v) is 2.20. The number of carbonyl (C=O) groups is 1. The molecule has 0 atom stereocenters. The lowest BCUT2D eigenvalue weighted by Crippen LogP contribution is -2.17. The predicted octanol–water partition coefficient (Wildman–Crippen LogP) is 0.780. The highest BCUT2D eigenvalue weighted by Crippen LogP contribution is 2.25. The molecule has 0 unspecified atom stereocenters. The maximum Gasteiger partial charge on any atom is 0.269 e. The SMILES string of the molecule is C=C1C(O)=C(O)C(=O)C(O)=C1O. The maximum absolute atomic E-state index is 10.7. The van der Waals surface area contributed by atoms with Gasteiger partial charge in [-0.2, -0.15) is 0 Å². The zero-order valence-corrected chi connectivity index (χ0v) is 5.90. The highest BCUT2D eigenvalue weighted by atomic mass is 16.3. The molecule has 0 fully saturated rings. The fourth-order valence-corrected chi connectivity index (χ4v) is 0.725. The summed E-state index contributed by atoms with van der Waals surface area (Å²) in [4.78, 5) is 10.7. The highest BCUT2D eigenvalue weighted by molar-refractivity contribution is 6.07. The Morgan fingerprint density at radius 1 is 0.833 bits per heavy atom. The van der Waals surface area contributed by atoms with E-state index in [1.54, 1.807) is 0 Å². The van der Waals surface area contributed by atoms with E-state index in [1.807, 2.05) is 0 Å². The van der Waals surface area contributed by atoms with Gasteiger partial charge in [0, 0.05) is 0 Å². The van der Waals surface area contributed by atoms with Crippen molar-refractivity contribution in [2.75, 3.05) is 0 Å². The van der Waals surface area contributed by atoms with Crippen LogP contribution in [-0.4, -0.2) is 26.2 Å². The van der Waals surface area contributed by atoms with Crippen LogP contribution < -0.4 is 0 Å².